The summed E-state index contributed by atoms with van der Waals surface area (Å²) >= 11 is 0. The van der Waals surface area contributed by atoms with Crippen molar-refractivity contribution in [1.82, 2.24) is 39.9 Å². The number of pyridine rings is 2. The molecule has 5 heterocycles. The number of aromatic nitrogens is 8. The van der Waals surface area contributed by atoms with E-state index in [1.54, 1.807) is 0 Å². The fraction of sp³-hybridized carbons (Fsp3) is 0.0843. The van der Waals surface area contributed by atoms with Crippen molar-refractivity contribution in [2.45, 2.75) is 48.0 Å². The summed E-state index contributed by atoms with van der Waals surface area (Å²) in [6.45, 7) is 12.2. The van der Waals surface area contributed by atoms with Gasteiger partial charge in [0.25, 0.3) is 0 Å². The van der Waals surface area contributed by atoms with E-state index < -0.39 is 0 Å². The second kappa shape index (κ2) is 22.3. The van der Waals surface area contributed by atoms with Gasteiger partial charge in [0.05, 0.1) is 17.1 Å². The number of benzene rings is 11. The molecule has 5 aromatic heterocycles. The summed E-state index contributed by atoms with van der Waals surface area (Å²) in [6.07, 6.45) is 0.550. The van der Waals surface area contributed by atoms with Crippen molar-refractivity contribution < 1.29 is 0 Å². The third-order valence-electron chi connectivity index (χ3n) is 17.7. The third kappa shape index (κ3) is 9.90. The molecule has 11 aromatic carbocycles. The second-order valence-electron chi connectivity index (χ2n) is 24.1. The van der Waals surface area contributed by atoms with Crippen molar-refractivity contribution in [3.8, 4) is 90.2 Å². The van der Waals surface area contributed by atoms with Crippen LogP contribution in [0.5, 0.6) is 0 Å². The van der Waals surface area contributed by atoms with Crippen LogP contribution in [0.4, 0.5) is 0 Å². The molecule has 0 atom stereocenters. The van der Waals surface area contributed by atoms with Gasteiger partial charge in [-0.25, -0.2) is 34.9 Å². The zero-order chi connectivity index (χ0) is 61.4. The number of aryl methyl sites for hydroxylation is 6. The minimum absolute atomic E-state index is 0.550. The van der Waals surface area contributed by atoms with E-state index in [9.17, 15) is 0 Å². The molecular formula is C83H60N8. The zero-order valence-electron chi connectivity index (χ0n) is 51.4. The van der Waals surface area contributed by atoms with E-state index in [2.05, 4.69) is 231 Å². The van der Waals surface area contributed by atoms with Crippen molar-refractivity contribution in [2.75, 3.05) is 0 Å². The van der Waals surface area contributed by atoms with Crippen molar-refractivity contribution >= 4 is 64.6 Å². The summed E-state index contributed by atoms with van der Waals surface area (Å²) in [5.74, 6) is 2.15. The van der Waals surface area contributed by atoms with Crippen LogP contribution < -0.4 is 0 Å². The minimum atomic E-state index is 0.550. The Morgan fingerprint density at radius 2 is 0.659 bits per heavy atom. The number of rotatable bonds is 10. The highest BCUT2D eigenvalue weighted by atomic mass is 14.9. The Kier molecular flexibility index (Phi) is 13.4. The number of hydrogen-bond acceptors (Lipinski definition) is 8. The van der Waals surface area contributed by atoms with Gasteiger partial charge in [-0.2, -0.15) is 0 Å². The van der Waals surface area contributed by atoms with E-state index in [4.69, 9.17) is 39.9 Å². The molecule has 8 heteroatoms. The SMILES string of the molecule is Cc1cccc(-c2cc3c(Cc4cc(C)nc(-c5cc(-c6c7ccccc7c(-c7ccc(-c8nc(C)cc(C)n8)cc7)c7ccccc67)cc6ccccc56)n4)cccc3c(-c3c4ccccc4c(-c4ccc(-c5nc(C)cc(C)n5)cc4)c4ccccc34)n2)n1. The van der Waals surface area contributed by atoms with E-state index in [1.807, 2.05) is 52.8 Å². The molecule has 16 aromatic rings. The van der Waals surface area contributed by atoms with Crippen molar-refractivity contribution in [3.63, 3.8) is 0 Å². The van der Waals surface area contributed by atoms with Crippen molar-refractivity contribution in [2.24, 2.45) is 0 Å². The molecule has 0 fully saturated rings. The monoisotopic (exact) mass is 1170 g/mol. The first-order valence-corrected chi connectivity index (χ1v) is 31.0. The number of nitrogens with zero attached hydrogens (tertiary/aromatic N) is 8. The Bertz CT molecular complexity index is 5480. The molecule has 0 bridgehead atoms. The maximum absolute atomic E-state index is 5.69. The average Bonchev–Trinajstić information content (AvgIpc) is 0.773. The molecule has 0 radical (unpaired) electrons. The van der Waals surface area contributed by atoms with Crippen LogP contribution in [0, 0.1) is 41.5 Å². The van der Waals surface area contributed by atoms with Gasteiger partial charge < -0.3 is 0 Å². The highest BCUT2D eigenvalue weighted by Gasteiger charge is 2.24. The van der Waals surface area contributed by atoms with Crippen LogP contribution in [0.1, 0.15) is 45.4 Å². The fourth-order valence-corrected chi connectivity index (χ4v) is 13.9. The number of fused-ring (bicyclic) bond motifs is 6. The lowest BCUT2D eigenvalue weighted by Crippen LogP contribution is -2.02. The molecule has 0 amide bonds. The van der Waals surface area contributed by atoms with E-state index in [-0.39, 0.29) is 0 Å². The molecule has 0 spiro atoms. The molecule has 91 heavy (non-hydrogen) atoms. The van der Waals surface area contributed by atoms with Gasteiger partial charge in [0.1, 0.15) is 0 Å². The molecule has 0 saturated carbocycles. The lowest BCUT2D eigenvalue weighted by Gasteiger charge is -2.20. The summed E-state index contributed by atoms with van der Waals surface area (Å²) in [5, 5.41) is 13.5. The van der Waals surface area contributed by atoms with E-state index in [0.29, 0.717) is 12.2 Å². The molecule has 432 valence electrons. The van der Waals surface area contributed by atoms with E-state index in [1.165, 1.54) is 38.2 Å². The predicted octanol–water partition coefficient (Wildman–Crippen LogP) is 20.5. The summed E-state index contributed by atoms with van der Waals surface area (Å²) < 4.78 is 0. The van der Waals surface area contributed by atoms with Gasteiger partial charge in [-0.05, 0) is 188 Å². The summed E-state index contributed by atoms with van der Waals surface area (Å²) in [4.78, 5) is 40.8. The van der Waals surface area contributed by atoms with Gasteiger partial charge >= 0.3 is 0 Å². The van der Waals surface area contributed by atoms with E-state index in [0.717, 1.165) is 156 Å². The van der Waals surface area contributed by atoms with Crippen LogP contribution in [0.3, 0.4) is 0 Å². The lowest BCUT2D eigenvalue weighted by atomic mass is 9.85. The normalized spacial score (nSPS) is 11.7. The standard InChI is InChI=1S/C83H60N8/c1-48-19-17-32-74(84-48)75-47-72-59(21-18-31-71(72)80(91-75)79-69-29-15-13-27-67(69)77(68-28-14-16-30-70(68)79)55-35-39-57(40-36-55)82-87-51(4)42-52(5)88-82)45-61-43-53(6)89-83(90-61)73-46-60(44-58-20-7-8-22-62(58)73)78-65-25-11-9-23-63(65)76(64-24-10-12-26-66(64)78)54-33-37-56(38-34-54)81-85-49(2)41-50(3)86-81/h7-44,46-47H,45H2,1-6H3. The Morgan fingerprint density at radius 1 is 0.242 bits per heavy atom. The summed E-state index contributed by atoms with van der Waals surface area (Å²) in [6, 6.07) is 87.2. The molecule has 0 N–H and O–H groups in total. The molecule has 0 unspecified atom stereocenters. The van der Waals surface area contributed by atoms with Crippen LogP contribution >= 0.6 is 0 Å². The first-order chi connectivity index (χ1) is 44.5. The predicted molar refractivity (Wildman–Crippen MR) is 375 cm³/mol. The topological polar surface area (TPSA) is 103 Å². The molecule has 0 aliphatic rings. The van der Waals surface area contributed by atoms with E-state index >= 15 is 0 Å². The average molecular weight is 1170 g/mol. The maximum atomic E-state index is 5.69. The Labute approximate surface area is 527 Å². The second-order valence-corrected chi connectivity index (χ2v) is 24.1. The Morgan fingerprint density at radius 3 is 1.16 bits per heavy atom. The van der Waals surface area contributed by atoms with Crippen molar-refractivity contribution in [1.29, 1.82) is 0 Å². The van der Waals surface area contributed by atoms with Crippen LogP contribution in [0.15, 0.2) is 243 Å². The minimum Gasteiger partial charge on any atom is -0.251 e. The van der Waals surface area contributed by atoms with Crippen LogP contribution in [-0.2, 0) is 6.42 Å². The molecule has 0 saturated heterocycles. The molecule has 8 nitrogen and oxygen atoms in total. The largest absolute Gasteiger partial charge is 0.251 e. The van der Waals surface area contributed by atoms with Crippen molar-refractivity contribution in [3.05, 3.63) is 288 Å². The Hall–Kier alpha value is -11.5. The van der Waals surface area contributed by atoms with Gasteiger partial charge in [-0.15, -0.1) is 0 Å². The number of hydrogen-bond donors (Lipinski definition) is 0. The van der Waals surface area contributed by atoms with Gasteiger partial charge in [0.15, 0.2) is 17.5 Å². The lowest BCUT2D eigenvalue weighted by molar-refractivity contribution is 1.01. The highest BCUT2D eigenvalue weighted by molar-refractivity contribution is 6.24. The first kappa shape index (κ1) is 54.9. The Balaban J connectivity index is 0.835. The van der Waals surface area contributed by atoms with Crippen LogP contribution in [-0.4, -0.2) is 39.9 Å². The van der Waals surface area contributed by atoms with Gasteiger partial charge in [0.2, 0.25) is 0 Å². The highest BCUT2D eigenvalue weighted by Crippen LogP contribution is 2.48. The van der Waals surface area contributed by atoms with Gasteiger partial charge in [0, 0.05) is 73.9 Å². The zero-order valence-corrected chi connectivity index (χ0v) is 51.4. The maximum Gasteiger partial charge on any atom is 0.160 e. The van der Waals surface area contributed by atoms with Gasteiger partial charge in [-0.1, -0.05) is 194 Å². The van der Waals surface area contributed by atoms with Crippen LogP contribution in [0.25, 0.3) is 155 Å². The first-order valence-electron chi connectivity index (χ1n) is 31.0. The molecular weight excluding hydrogens is 1110 g/mol. The molecule has 16 rings (SSSR count). The summed E-state index contributed by atoms with van der Waals surface area (Å²) in [7, 11) is 0. The summed E-state index contributed by atoms with van der Waals surface area (Å²) in [5.41, 5.74) is 21.1. The fourth-order valence-electron chi connectivity index (χ4n) is 13.9. The third-order valence-corrected chi connectivity index (χ3v) is 17.7. The smallest absolute Gasteiger partial charge is 0.160 e. The van der Waals surface area contributed by atoms with Crippen LogP contribution in [0.2, 0.25) is 0 Å². The quantitative estimate of drug-likeness (QED) is 0.125. The van der Waals surface area contributed by atoms with Gasteiger partial charge in [-0.3, -0.25) is 4.98 Å². The molecule has 0 aliphatic carbocycles. The molecule has 0 aliphatic heterocycles.